The van der Waals surface area contributed by atoms with Crippen LogP contribution in [0, 0.1) is 6.92 Å². The number of nitrogens with one attached hydrogen (secondary N) is 1. The number of benzene rings is 2. The van der Waals surface area contributed by atoms with Gasteiger partial charge in [-0.25, -0.2) is 4.98 Å². The van der Waals surface area contributed by atoms with Crippen LogP contribution in [0.3, 0.4) is 0 Å². The van der Waals surface area contributed by atoms with E-state index in [1.807, 2.05) is 55.5 Å². The smallest absolute Gasteiger partial charge is 0.265 e. The summed E-state index contributed by atoms with van der Waals surface area (Å²) in [5.41, 5.74) is 1.48. The Morgan fingerprint density at radius 3 is 2.52 bits per heavy atom. The van der Waals surface area contributed by atoms with Gasteiger partial charge in [0.25, 0.3) is 5.56 Å². The predicted octanol–water partition coefficient (Wildman–Crippen LogP) is 4.63. The molecular formula is C24H31N3O2. The Kier molecular flexibility index (Phi) is 7.82. The van der Waals surface area contributed by atoms with Gasteiger partial charge in [0, 0.05) is 0 Å². The van der Waals surface area contributed by atoms with E-state index in [0.717, 1.165) is 36.5 Å². The van der Waals surface area contributed by atoms with Crippen LogP contribution < -0.4 is 15.6 Å². The Bertz CT molecular complexity index is 964. The van der Waals surface area contributed by atoms with Gasteiger partial charge in [-0.1, -0.05) is 38.3 Å². The van der Waals surface area contributed by atoms with Crippen LogP contribution in [0.5, 0.6) is 5.75 Å². The predicted molar refractivity (Wildman–Crippen MR) is 119 cm³/mol. The van der Waals surface area contributed by atoms with Crippen LogP contribution in [0.4, 0.5) is 0 Å². The molecule has 2 aromatic carbocycles. The van der Waals surface area contributed by atoms with Crippen LogP contribution in [0.2, 0.25) is 0 Å². The fraction of sp³-hybridized carbons (Fsp3) is 0.417. The van der Waals surface area contributed by atoms with Gasteiger partial charge < -0.3 is 10.1 Å². The molecule has 1 aromatic heterocycles. The van der Waals surface area contributed by atoms with Crippen molar-refractivity contribution >= 4 is 10.9 Å². The van der Waals surface area contributed by atoms with Gasteiger partial charge in [0.2, 0.25) is 0 Å². The van der Waals surface area contributed by atoms with Crippen LogP contribution in [-0.4, -0.2) is 29.2 Å². The van der Waals surface area contributed by atoms with E-state index in [4.69, 9.17) is 4.74 Å². The maximum atomic E-state index is 12.9. The number of aryl methyl sites for hydroxylation is 1. The topological polar surface area (TPSA) is 56.1 Å². The van der Waals surface area contributed by atoms with Crippen molar-refractivity contribution in [3.8, 4) is 11.4 Å². The lowest BCUT2D eigenvalue weighted by Crippen LogP contribution is -2.22. The van der Waals surface area contributed by atoms with Crippen molar-refractivity contribution in [1.29, 1.82) is 0 Å². The Morgan fingerprint density at radius 2 is 1.72 bits per heavy atom. The SMILES string of the molecule is CCCCCCNCCCOc1ccc(-n2c(C)nc3ccccc3c2=O)cc1. The van der Waals surface area contributed by atoms with Crippen molar-refractivity contribution in [2.75, 3.05) is 19.7 Å². The van der Waals surface area contributed by atoms with Crippen molar-refractivity contribution in [1.82, 2.24) is 14.9 Å². The maximum absolute atomic E-state index is 12.9. The summed E-state index contributed by atoms with van der Waals surface area (Å²) in [5, 5.41) is 4.09. The molecule has 0 saturated heterocycles. The lowest BCUT2D eigenvalue weighted by atomic mass is 10.2. The third-order valence-corrected chi connectivity index (χ3v) is 5.01. The zero-order valence-electron chi connectivity index (χ0n) is 17.5. The lowest BCUT2D eigenvalue weighted by molar-refractivity contribution is 0.308. The molecule has 0 saturated carbocycles. The average molecular weight is 394 g/mol. The number of unbranched alkanes of at least 4 members (excludes halogenated alkanes) is 3. The first-order valence-electron chi connectivity index (χ1n) is 10.6. The minimum Gasteiger partial charge on any atom is -0.494 e. The van der Waals surface area contributed by atoms with Crippen molar-refractivity contribution in [2.45, 2.75) is 46.0 Å². The third-order valence-electron chi connectivity index (χ3n) is 5.01. The third kappa shape index (κ3) is 5.67. The molecule has 5 nitrogen and oxygen atoms in total. The summed E-state index contributed by atoms with van der Waals surface area (Å²) in [5.74, 6) is 1.49. The van der Waals surface area contributed by atoms with E-state index in [9.17, 15) is 4.79 Å². The largest absolute Gasteiger partial charge is 0.494 e. The Morgan fingerprint density at radius 1 is 0.966 bits per heavy atom. The van der Waals surface area contributed by atoms with Gasteiger partial charge in [0.1, 0.15) is 11.6 Å². The minimum absolute atomic E-state index is 0.0493. The van der Waals surface area contributed by atoms with E-state index in [2.05, 4.69) is 17.2 Å². The lowest BCUT2D eigenvalue weighted by Gasteiger charge is -2.12. The zero-order valence-corrected chi connectivity index (χ0v) is 17.5. The first-order chi connectivity index (χ1) is 14.2. The van der Waals surface area contributed by atoms with Crippen molar-refractivity contribution in [2.24, 2.45) is 0 Å². The van der Waals surface area contributed by atoms with Gasteiger partial charge in [-0.05, 0) is 69.3 Å². The number of para-hydroxylation sites is 1. The summed E-state index contributed by atoms with van der Waals surface area (Å²) in [6.45, 7) is 6.82. The van der Waals surface area contributed by atoms with Gasteiger partial charge in [-0.3, -0.25) is 9.36 Å². The van der Waals surface area contributed by atoms with E-state index in [-0.39, 0.29) is 5.56 Å². The number of hydrogen-bond donors (Lipinski definition) is 1. The number of hydrogen-bond acceptors (Lipinski definition) is 4. The highest BCUT2D eigenvalue weighted by Gasteiger charge is 2.09. The summed E-state index contributed by atoms with van der Waals surface area (Å²) in [4.78, 5) is 17.4. The molecule has 0 bridgehead atoms. The number of aromatic nitrogens is 2. The summed E-state index contributed by atoms with van der Waals surface area (Å²) in [6.07, 6.45) is 6.13. The molecular weight excluding hydrogens is 362 g/mol. The standard InChI is InChI=1S/C24H31N3O2/c1-3-4-5-8-16-25-17-9-18-29-21-14-12-20(13-15-21)27-19(2)26-23-11-7-6-10-22(23)24(27)28/h6-7,10-15,25H,3-5,8-9,16-18H2,1-2H3. The maximum Gasteiger partial charge on any atom is 0.265 e. The molecule has 5 heteroatoms. The van der Waals surface area contributed by atoms with Crippen LogP contribution in [0.1, 0.15) is 44.9 Å². The number of rotatable bonds is 11. The number of fused-ring (bicyclic) bond motifs is 1. The molecule has 3 rings (SSSR count). The van der Waals surface area contributed by atoms with Crippen molar-refractivity contribution in [3.05, 3.63) is 64.7 Å². The molecule has 0 aliphatic heterocycles. The fourth-order valence-electron chi connectivity index (χ4n) is 3.43. The van der Waals surface area contributed by atoms with Crippen LogP contribution in [0.15, 0.2) is 53.3 Å². The Hall–Kier alpha value is -2.66. The minimum atomic E-state index is -0.0493. The molecule has 1 heterocycles. The molecule has 29 heavy (non-hydrogen) atoms. The van der Waals surface area contributed by atoms with Crippen molar-refractivity contribution in [3.63, 3.8) is 0 Å². The van der Waals surface area contributed by atoms with Gasteiger partial charge in [0.15, 0.2) is 0 Å². The van der Waals surface area contributed by atoms with E-state index in [0.29, 0.717) is 17.8 Å². The molecule has 1 N–H and O–H groups in total. The second-order valence-electron chi connectivity index (χ2n) is 7.32. The monoisotopic (exact) mass is 393 g/mol. The molecule has 0 spiro atoms. The second kappa shape index (κ2) is 10.8. The normalized spacial score (nSPS) is 11.1. The van der Waals surface area contributed by atoms with Gasteiger partial charge >= 0.3 is 0 Å². The molecule has 154 valence electrons. The van der Waals surface area contributed by atoms with Gasteiger partial charge in [-0.2, -0.15) is 0 Å². The second-order valence-corrected chi connectivity index (χ2v) is 7.32. The summed E-state index contributed by atoms with van der Waals surface area (Å²) >= 11 is 0. The molecule has 0 unspecified atom stereocenters. The molecule has 0 aliphatic carbocycles. The molecule has 0 radical (unpaired) electrons. The molecule has 0 aliphatic rings. The first-order valence-corrected chi connectivity index (χ1v) is 10.6. The summed E-state index contributed by atoms with van der Waals surface area (Å²) in [6, 6.07) is 15.1. The van der Waals surface area contributed by atoms with Gasteiger partial charge in [-0.15, -0.1) is 0 Å². The molecule has 3 aromatic rings. The summed E-state index contributed by atoms with van der Waals surface area (Å²) < 4.78 is 7.48. The Labute approximate surface area is 172 Å². The highest BCUT2D eigenvalue weighted by Crippen LogP contribution is 2.17. The first kappa shape index (κ1) is 21.1. The van der Waals surface area contributed by atoms with E-state index < -0.39 is 0 Å². The fourth-order valence-corrected chi connectivity index (χ4v) is 3.43. The van der Waals surface area contributed by atoms with Crippen LogP contribution in [-0.2, 0) is 0 Å². The van der Waals surface area contributed by atoms with Gasteiger partial charge in [0.05, 0.1) is 23.2 Å². The quantitative estimate of drug-likeness (QED) is 0.483. The van der Waals surface area contributed by atoms with Crippen LogP contribution in [0.25, 0.3) is 16.6 Å². The highest BCUT2D eigenvalue weighted by atomic mass is 16.5. The van der Waals surface area contributed by atoms with Crippen LogP contribution >= 0.6 is 0 Å². The van der Waals surface area contributed by atoms with E-state index in [1.165, 1.54) is 25.7 Å². The van der Waals surface area contributed by atoms with E-state index in [1.54, 1.807) is 4.57 Å². The number of nitrogens with zero attached hydrogens (tertiary/aromatic N) is 2. The summed E-state index contributed by atoms with van der Waals surface area (Å²) in [7, 11) is 0. The zero-order chi connectivity index (χ0) is 20.5. The highest BCUT2D eigenvalue weighted by molar-refractivity contribution is 5.77. The van der Waals surface area contributed by atoms with Crippen molar-refractivity contribution < 1.29 is 4.74 Å². The van der Waals surface area contributed by atoms with E-state index >= 15 is 0 Å². The Balaban J connectivity index is 1.53. The molecule has 0 atom stereocenters. The number of ether oxygens (including phenoxy) is 1. The molecule has 0 amide bonds. The molecule has 0 fully saturated rings. The average Bonchev–Trinajstić information content (AvgIpc) is 2.73.